The molecule has 1 aliphatic heterocycles. The van der Waals surface area contributed by atoms with Gasteiger partial charge in [0.25, 0.3) is 5.89 Å². The van der Waals surface area contributed by atoms with Crippen LogP contribution in [-0.4, -0.2) is 21.2 Å². The Morgan fingerprint density at radius 2 is 1.66 bits per heavy atom. The van der Waals surface area contributed by atoms with E-state index in [-0.39, 0.29) is 5.89 Å². The minimum atomic E-state index is -0.711. The number of pyridine rings is 1. The van der Waals surface area contributed by atoms with Crippen LogP contribution >= 0.6 is 0 Å². The molecular weight excluding hydrogens is 368 g/mol. The fraction of sp³-hybridized carbons (Fsp3) is 0.0909. The maximum atomic E-state index is 12.0. The molecule has 7 nitrogen and oxygen atoms in total. The van der Waals surface area contributed by atoms with Crippen LogP contribution in [0.3, 0.4) is 0 Å². The number of benzene rings is 2. The van der Waals surface area contributed by atoms with Gasteiger partial charge < -0.3 is 14.6 Å². The number of carbonyl (C=O) groups is 1. The number of carbonyl (C=O) groups excluding carboxylic acids is 1. The Morgan fingerprint density at radius 3 is 2.48 bits per heavy atom. The molecule has 5 rings (SSSR count). The van der Waals surface area contributed by atoms with Crippen molar-refractivity contribution in [3.05, 3.63) is 90.6 Å². The second-order valence-electron chi connectivity index (χ2n) is 6.63. The molecular formula is C22H16N4O3. The summed E-state index contributed by atoms with van der Waals surface area (Å²) in [6.07, 6.45) is 2.08. The summed E-state index contributed by atoms with van der Waals surface area (Å²) in [5.74, 6) is 0.660. The predicted octanol–water partition coefficient (Wildman–Crippen LogP) is 4.32. The normalized spacial score (nSPS) is 18.3. The number of cyclic esters (lactones) is 1. The third kappa shape index (κ3) is 3.34. The van der Waals surface area contributed by atoms with E-state index in [1.165, 1.54) is 0 Å². The number of nitrogens with one attached hydrogen (secondary N) is 1. The van der Waals surface area contributed by atoms with Crippen LogP contribution in [0.25, 0.3) is 22.5 Å². The molecule has 142 valence electrons. The SMILES string of the molecule is O=C1N[C@H](c2cccc(-c3ccccc3)c2)[C@@H](c2nc(-c3ccncc3)no2)O1. The first-order valence-electron chi connectivity index (χ1n) is 9.14. The van der Waals surface area contributed by atoms with Gasteiger partial charge in [0.2, 0.25) is 11.9 Å². The van der Waals surface area contributed by atoms with Crippen LogP contribution in [0.1, 0.15) is 23.6 Å². The summed E-state index contributed by atoms with van der Waals surface area (Å²) >= 11 is 0. The van der Waals surface area contributed by atoms with Gasteiger partial charge >= 0.3 is 6.09 Å². The van der Waals surface area contributed by atoms with Crippen molar-refractivity contribution in [3.8, 4) is 22.5 Å². The zero-order chi connectivity index (χ0) is 19.6. The summed E-state index contributed by atoms with van der Waals surface area (Å²) in [5, 5.41) is 6.86. The Bertz CT molecular complexity index is 1140. The standard InChI is InChI=1S/C22H16N4O3/c27-22-24-18(17-8-4-7-16(13-17)14-5-2-1-3-6-14)19(28-22)21-25-20(26-29-21)15-9-11-23-12-10-15/h1-13,18-19H,(H,24,27)/t18-,19+/m1/s1. The summed E-state index contributed by atoms with van der Waals surface area (Å²) in [6, 6.07) is 21.1. The largest absolute Gasteiger partial charge is 0.433 e. The number of nitrogens with zero attached hydrogens (tertiary/aromatic N) is 3. The zero-order valence-electron chi connectivity index (χ0n) is 15.2. The third-order valence-electron chi connectivity index (χ3n) is 4.79. The molecule has 1 saturated heterocycles. The van der Waals surface area contributed by atoms with E-state index in [1.807, 2.05) is 54.6 Å². The Morgan fingerprint density at radius 1 is 0.862 bits per heavy atom. The molecule has 2 atom stereocenters. The molecule has 0 unspecified atom stereocenters. The number of hydrogen-bond acceptors (Lipinski definition) is 6. The lowest BCUT2D eigenvalue weighted by Gasteiger charge is -2.15. The molecule has 1 fully saturated rings. The summed E-state index contributed by atoms with van der Waals surface area (Å²) in [4.78, 5) is 20.4. The van der Waals surface area contributed by atoms with Crippen LogP contribution < -0.4 is 5.32 Å². The van der Waals surface area contributed by atoms with Gasteiger partial charge in [-0.2, -0.15) is 4.98 Å². The first-order valence-corrected chi connectivity index (χ1v) is 9.14. The quantitative estimate of drug-likeness (QED) is 0.563. The number of aromatic nitrogens is 3. The third-order valence-corrected chi connectivity index (χ3v) is 4.79. The Hall–Kier alpha value is -4.00. The van der Waals surface area contributed by atoms with Crippen LogP contribution in [0.15, 0.2) is 83.6 Å². The van der Waals surface area contributed by atoms with Crippen molar-refractivity contribution in [2.75, 3.05) is 0 Å². The molecule has 0 radical (unpaired) electrons. The van der Waals surface area contributed by atoms with Crippen molar-refractivity contribution in [1.82, 2.24) is 20.4 Å². The van der Waals surface area contributed by atoms with E-state index in [4.69, 9.17) is 9.26 Å². The first-order chi connectivity index (χ1) is 14.3. The first kappa shape index (κ1) is 17.1. The second-order valence-corrected chi connectivity index (χ2v) is 6.63. The minimum absolute atomic E-state index is 0.241. The van der Waals surface area contributed by atoms with Crippen molar-refractivity contribution >= 4 is 6.09 Å². The van der Waals surface area contributed by atoms with Crippen molar-refractivity contribution in [2.24, 2.45) is 0 Å². The molecule has 0 aliphatic carbocycles. The van der Waals surface area contributed by atoms with Crippen molar-refractivity contribution in [1.29, 1.82) is 0 Å². The lowest BCUT2D eigenvalue weighted by molar-refractivity contribution is 0.108. The van der Waals surface area contributed by atoms with Crippen LogP contribution in [-0.2, 0) is 4.74 Å². The molecule has 1 amide bonds. The number of amides is 1. The van der Waals surface area contributed by atoms with Crippen molar-refractivity contribution < 1.29 is 14.1 Å². The monoisotopic (exact) mass is 384 g/mol. The van der Waals surface area contributed by atoms with E-state index in [9.17, 15) is 4.79 Å². The Kier molecular flexibility index (Phi) is 4.25. The smallest absolute Gasteiger partial charge is 0.408 e. The lowest BCUT2D eigenvalue weighted by atomic mass is 9.97. The van der Waals surface area contributed by atoms with E-state index in [1.54, 1.807) is 24.5 Å². The second kappa shape index (κ2) is 7.20. The van der Waals surface area contributed by atoms with Crippen LogP contribution in [0.5, 0.6) is 0 Å². The molecule has 0 saturated carbocycles. The van der Waals surface area contributed by atoms with Gasteiger partial charge in [0.05, 0.1) is 0 Å². The number of hydrogen-bond donors (Lipinski definition) is 1. The fourth-order valence-electron chi connectivity index (χ4n) is 3.38. The highest BCUT2D eigenvalue weighted by molar-refractivity contribution is 5.71. The number of ether oxygens (including phenoxy) is 1. The maximum absolute atomic E-state index is 12.0. The molecule has 2 aromatic heterocycles. The number of alkyl carbamates (subject to hydrolysis) is 1. The molecule has 7 heteroatoms. The van der Waals surface area contributed by atoms with Gasteiger partial charge in [0.1, 0.15) is 6.04 Å². The van der Waals surface area contributed by atoms with Gasteiger partial charge in [-0.15, -0.1) is 0 Å². The van der Waals surface area contributed by atoms with Crippen molar-refractivity contribution in [2.45, 2.75) is 12.1 Å². The van der Waals surface area contributed by atoms with E-state index < -0.39 is 18.2 Å². The van der Waals surface area contributed by atoms with Crippen LogP contribution in [0, 0.1) is 0 Å². The number of rotatable bonds is 4. The van der Waals surface area contributed by atoms with Crippen molar-refractivity contribution in [3.63, 3.8) is 0 Å². The highest BCUT2D eigenvalue weighted by atomic mass is 16.6. The summed E-state index contributed by atoms with van der Waals surface area (Å²) in [6.45, 7) is 0. The zero-order valence-corrected chi connectivity index (χ0v) is 15.2. The van der Waals surface area contributed by atoms with Crippen LogP contribution in [0.4, 0.5) is 4.79 Å². The summed E-state index contributed by atoms with van der Waals surface area (Å²) in [7, 11) is 0. The van der Waals surface area contributed by atoms with Gasteiger partial charge in [-0.05, 0) is 34.9 Å². The molecule has 2 aromatic carbocycles. The van der Waals surface area contributed by atoms with Gasteiger partial charge in [-0.25, -0.2) is 4.79 Å². The van der Waals surface area contributed by atoms with E-state index in [0.717, 1.165) is 22.3 Å². The molecule has 4 aromatic rings. The molecule has 0 bridgehead atoms. The maximum Gasteiger partial charge on any atom is 0.408 e. The van der Waals surface area contributed by atoms with Crippen LogP contribution in [0.2, 0.25) is 0 Å². The highest BCUT2D eigenvalue weighted by Gasteiger charge is 2.40. The fourth-order valence-corrected chi connectivity index (χ4v) is 3.38. The molecule has 1 aliphatic rings. The average Bonchev–Trinajstić information content (AvgIpc) is 3.42. The lowest BCUT2D eigenvalue weighted by Crippen LogP contribution is -2.19. The van der Waals surface area contributed by atoms with E-state index in [2.05, 4.69) is 20.4 Å². The average molecular weight is 384 g/mol. The van der Waals surface area contributed by atoms with Gasteiger partial charge in [0, 0.05) is 18.0 Å². The van der Waals surface area contributed by atoms with E-state index in [0.29, 0.717) is 5.82 Å². The molecule has 0 spiro atoms. The van der Waals surface area contributed by atoms with Gasteiger partial charge in [-0.1, -0.05) is 53.7 Å². The molecule has 3 heterocycles. The predicted molar refractivity (Wildman–Crippen MR) is 105 cm³/mol. The summed E-state index contributed by atoms with van der Waals surface area (Å²) in [5.41, 5.74) is 3.81. The Balaban J connectivity index is 1.48. The van der Waals surface area contributed by atoms with Gasteiger partial charge in [-0.3, -0.25) is 4.98 Å². The van der Waals surface area contributed by atoms with Gasteiger partial charge in [0.15, 0.2) is 0 Å². The topological polar surface area (TPSA) is 90.1 Å². The van der Waals surface area contributed by atoms with E-state index >= 15 is 0 Å². The summed E-state index contributed by atoms with van der Waals surface area (Å²) < 4.78 is 10.9. The molecule has 29 heavy (non-hydrogen) atoms. The minimum Gasteiger partial charge on any atom is -0.433 e. The molecule has 1 N–H and O–H groups in total. The Labute approximate surface area is 166 Å². The highest BCUT2D eigenvalue weighted by Crippen LogP contribution is 2.37.